The third kappa shape index (κ3) is 2.36. The third-order valence-electron chi connectivity index (χ3n) is 2.40. The second kappa shape index (κ2) is 4.94. The molecule has 0 aliphatic rings. The molecule has 0 amide bonds. The van der Waals surface area contributed by atoms with Crippen molar-refractivity contribution in [3.05, 3.63) is 52.8 Å². The van der Waals surface area contributed by atoms with Gasteiger partial charge in [-0.3, -0.25) is 0 Å². The van der Waals surface area contributed by atoms with Crippen LogP contribution in [0.15, 0.2) is 36.4 Å². The Kier molecular flexibility index (Phi) is 3.35. The van der Waals surface area contributed by atoms with E-state index in [0.717, 1.165) is 6.07 Å². The summed E-state index contributed by atoms with van der Waals surface area (Å²) < 4.78 is 13.7. The molecule has 0 aromatic heterocycles. The van der Waals surface area contributed by atoms with E-state index < -0.39 is 5.82 Å². The maximum absolute atomic E-state index is 13.7. The Bertz CT molecular complexity index is 614. The molecular weight excluding hydrogens is 253 g/mol. The third-order valence-corrected chi connectivity index (χ3v) is 2.72. The number of nitrogens with one attached hydrogen (secondary N) is 1. The number of nitrogens with two attached hydrogens (primary N) is 1. The monoisotopic (exact) mass is 261 g/mol. The Morgan fingerprint density at radius 1 is 1.28 bits per heavy atom. The lowest BCUT2D eigenvalue weighted by Gasteiger charge is -2.11. The summed E-state index contributed by atoms with van der Waals surface area (Å²) in [5, 5.41) is 11.9. The van der Waals surface area contributed by atoms with Crippen molar-refractivity contribution in [3.8, 4) is 6.07 Å². The number of anilines is 3. The van der Waals surface area contributed by atoms with Crippen molar-refractivity contribution in [3.63, 3.8) is 0 Å². The van der Waals surface area contributed by atoms with Gasteiger partial charge >= 0.3 is 0 Å². The number of hydrogen-bond donors (Lipinski definition) is 2. The van der Waals surface area contributed by atoms with Gasteiger partial charge in [-0.25, -0.2) is 4.39 Å². The van der Waals surface area contributed by atoms with Crippen LogP contribution >= 0.6 is 11.6 Å². The highest BCUT2D eigenvalue weighted by Gasteiger charge is 2.08. The second-order valence-electron chi connectivity index (χ2n) is 3.64. The van der Waals surface area contributed by atoms with Crippen molar-refractivity contribution in [2.75, 3.05) is 11.1 Å². The number of nitrogens with zero attached hydrogens (tertiary/aromatic N) is 1. The van der Waals surface area contributed by atoms with Gasteiger partial charge in [-0.15, -0.1) is 0 Å². The molecule has 0 unspecified atom stereocenters. The van der Waals surface area contributed by atoms with E-state index in [1.807, 2.05) is 6.07 Å². The van der Waals surface area contributed by atoms with E-state index in [4.69, 9.17) is 22.6 Å². The molecule has 0 aliphatic carbocycles. The van der Waals surface area contributed by atoms with Gasteiger partial charge in [0.05, 0.1) is 33.7 Å². The summed E-state index contributed by atoms with van der Waals surface area (Å²) in [6.07, 6.45) is 0. The fourth-order valence-electron chi connectivity index (χ4n) is 1.49. The zero-order valence-corrected chi connectivity index (χ0v) is 10.0. The van der Waals surface area contributed by atoms with E-state index in [1.54, 1.807) is 18.2 Å². The normalized spacial score (nSPS) is 9.83. The second-order valence-corrected chi connectivity index (χ2v) is 4.04. The van der Waals surface area contributed by atoms with Gasteiger partial charge in [0.15, 0.2) is 0 Å². The number of benzene rings is 2. The number of hydrogen-bond acceptors (Lipinski definition) is 3. The molecular formula is C13H9ClFN3. The van der Waals surface area contributed by atoms with Crippen molar-refractivity contribution in [2.24, 2.45) is 0 Å². The van der Waals surface area contributed by atoms with Crippen LogP contribution in [0.5, 0.6) is 0 Å². The highest BCUT2D eigenvalue weighted by Crippen LogP contribution is 2.31. The van der Waals surface area contributed by atoms with Crippen molar-refractivity contribution < 1.29 is 4.39 Å². The van der Waals surface area contributed by atoms with Gasteiger partial charge in [0, 0.05) is 0 Å². The maximum Gasteiger partial charge on any atom is 0.147 e. The molecule has 0 spiro atoms. The predicted octanol–water partition coefficient (Wildman–Crippen LogP) is 3.68. The van der Waals surface area contributed by atoms with E-state index in [1.165, 1.54) is 12.1 Å². The first-order valence-electron chi connectivity index (χ1n) is 5.12. The molecule has 3 nitrogen and oxygen atoms in total. The molecule has 0 aliphatic heterocycles. The van der Waals surface area contributed by atoms with Gasteiger partial charge in [-0.05, 0) is 30.3 Å². The summed E-state index contributed by atoms with van der Waals surface area (Å²) in [5.41, 5.74) is 7.09. The first kappa shape index (κ1) is 12.2. The van der Waals surface area contributed by atoms with Crippen LogP contribution in [0.4, 0.5) is 21.5 Å². The maximum atomic E-state index is 13.7. The summed E-state index contributed by atoms with van der Waals surface area (Å²) in [6, 6.07) is 11.0. The van der Waals surface area contributed by atoms with E-state index in [9.17, 15) is 4.39 Å². The lowest BCUT2D eigenvalue weighted by Crippen LogP contribution is -1.99. The minimum Gasteiger partial charge on any atom is -0.397 e. The van der Waals surface area contributed by atoms with E-state index in [0.29, 0.717) is 16.4 Å². The minimum atomic E-state index is -0.534. The van der Waals surface area contributed by atoms with Crippen LogP contribution in [0.2, 0.25) is 5.02 Å². The average Bonchev–Trinajstić information content (AvgIpc) is 2.35. The quantitative estimate of drug-likeness (QED) is 0.811. The molecule has 18 heavy (non-hydrogen) atoms. The van der Waals surface area contributed by atoms with Crippen LogP contribution in [-0.2, 0) is 0 Å². The lowest BCUT2D eigenvalue weighted by atomic mass is 10.2. The van der Waals surface area contributed by atoms with Gasteiger partial charge in [0.2, 0.25) is 0 Å². The Balaban J connectivity index is 2.38. The van der Waals surface area contributed by atoms with Crippen molar-refractivity contribution in [1.82, 2.24) is 0 Å². The van der Waals surface area contributed by atoms with Crippen LogP contribution in [0.1, 0.15) is 5.56 Å². The minimum absolute atomic E-state index is 0.216. The van der Waals surface area contributed by atoms with Gasteiger partial charge in [0.1, 0.15) is 5.82 Å². The summed E-state index contributed by atoms with van der Waals surface area (Å²) in [6.45, 7) is 0. The van der Waals surface area contributed by atoms with Crippen LogP contribution < -0.4 is 11.1 Å². The van der Waals surface area contributed by atoms with Crippen LogP contribution in [0, 0.1) is 17.1 Å². The zero-order chi connectivity index (χ0) is 13.1. The number of rotatable bonds is 2. The number of nitriles is 1. The lowest BCUT2D eigenvalue weighted by molar-refractivity contribution is 0.631. The topological polar surface area (TPSA) is 61.8 Å². The number of nitrogen functional groups attached to an aromatic ring is 1. The molecule has 0 radical (unpaired) electrons. The first-order chi connectivity index (χ1) is 8.61. The Hall–Kier alpha value is -2.25. The average molecular weight is 262 g/mol. The van der Waals surface area contributed by atoms with Gasteiger partial charge in [0.25, 0.3) is 0 Å². The molecule has 0 saturated heterocycles. The Labute approximate surface area is 109 Å². The molecule has 0 heterocycles. The smallest absolute Gasteiger partial charge is 0.147 e. The SMILES string of the molecule is N#Cc1ccc(Nc2c(N)cccc2Cl)c(F)c1. The molecule has 2 rings (SSSR count). The van der Waals surface area contributed by atoms with E-state index >= 15 is 0 Å². The summed E-state index contributed by atoms with van der Waals surface area (Å²) >= 11 is 5.97. The summed E-state index contributed by atoms with van der Waals surface area (Å²) in [7, 11) is 0. The number of halogens is 2. The zero-order valence-electron chi connectivity index (χ0n) is 9.24. The molecule has 0 fully saturated rings. The van der Waals surface area contributed by atoms with Crippen molar-refractivity contribution in [1.29, 1.82) is 5.26 Å². The number of para-hydroxylation sites is 1. The fourth-order valence-corrected chi connectivity index (χ4v) is 1.72. The van der Waals surface area contributed by atoms with Gasteiger partial charge < -0.3 is 11.1 Å². The Morgan fingerprint density at radius 3 is 2.67 bits per heavy atom. The molecule has 90 valence electrons. The van der Waals surface area contributed by atoms with Gasteiger partial charge in [-0.1, -0.05) is 17.7 Å². The van der Waals surface area contributed by atoms with Crippen LogP contribution in [0.3, 0.4) is 0 Å². The van der Waals surface area contributed by atoms with Crippen molar-refractivity contribution >= 4 is 28.7 Å². The van der Waals surface area contributed by atoms with E-state index in [2.05, 4.69) is 5.32 Å². The van der Waals surface area contributed by atoms with Crippen LogP contribution in [0.25, 0.3) is 0 Å². The van der Waals surface area contributed by atoms with E-state index in [-0.39, 0.29) is 11.3 Å². The largest absolute Gasteiger partial charge is 0.397 e. The molecule has 2 aromatic rings. The highest BCUT2D eigenvalue weighted by atomic mass is 35.5. The first-order valence-corrected chi connectivity index (χ1v) is 5.50. The van der Waals surface area contributed by atoms with Gasteiger partial charge in [-0.2, -0.15) is 5.26 Å². The van der Waals surface area contributed by atoms with Crippen LogP contribution in [-0.4, -0.2) is 0 Å². The summed E-state index contributed by atoms with van der Waals surface area (Å²) in [4.78, 5) is 0. The highest BCUT2D eigenvalue weighted by molar-refractivity contribution is 6.34. The molecule has 5 heteroatoms. The molecule has 3 N–H and O–H groups in total. The molecule has 0 bridgehead atoms. The molecule has 2 aromatic carbocycles. The Morgan fingerprint density at radius 2 is 2.06 bits per heavy atom. The molecule has 0 saturated carbocycles. The van der Waals surface area contributed by atoms with Crippen molar-refractivity contribution in [2.45, 2.75) is 0 Å². The summed E-state index contributed by atoms with van der Waals surface area (Å²) in [5.74, 6) is -0.534. The fraction of sp³-hybridized carbons (Fsp3) is 0. The molecule has 0 atom stereocenters. The predicted molar refractivity (Wildman–Crippen MR) is 70.3 cm³/mol. The standard InChI is InChI=1S/C13H9ClFN3/c14-9-2-1-3-11(17)13(9)18-12-5-4-8(7-16)6-10(12)15/h1-6,18H,17H2.